The van der Waals surface area contributed by atoms with E-state index in [2.05, 4.69) is 0 Å². The number of hydrogen-bond acceptors (Lipinski definition) is 4. The molecule has 0 fully saturated rings. The Morgan fingerprint density at radius 3 is 2.42 bits per heavy atom. The minimum absolute atomic E-state index is 0.134. The van der Waals surface area contributed by atoms with Crippen molar-refractivity contribution in [3.8, 4) is 0 Å². The lowest BCUT2D eigenvalue weighted by molar-refractivity contribution is -0.136. The number of rotatable bonds is 6. The van der Waals surface area contributed by atoms with E-state index in [1.807, 2.05) is 0 Å². The first-order valence-electron chi connectivity index (χ1n) is 5.98. The van der Waals surface area contributed by atoms with Crippen molar-refractivity contribution in [1.29, 1.82) is 0 Å². The number of carboxylic acids is 1. The molecule has 1 rings (SSSR count). The quantitative estimate of drug-likeness (QED) is 0.629. The predicted octanol–water partition coefficient (Wildman–Crippen LogP) is 2.22. The first kappa shape index (κ1) is 14.9. The maximum atomic E-state index is 11.9. The van der Waals surface area contributed by atoms with Gasteiger partial charge in [0.05, 0.1) is 18.6 Å². The summed E-state index contributed by atoms with van der Waals surface area (Å²) in [6.45, 7) is 3.70. The molecule has 5 heteroatoms. The molecule has 0 saturated carbocycles. The van der Waals surface area contributed by atoms with Crippen molar-refractivity contribution < 1.29 is 24.2 Å². The molecule has 0 bridgehead atoms. The smallest absolute Gasteiger partial charge is 0.338 e. The van der Waals surface area contributed by atoms with Gasteiger partial charge in [-0.2, -0.15) is 0 Å². The van der Waals surface area contributed by atoms with Crippen LogP contribution < -0.4 is 0 Å². The molecule has 102 valence electrons. The van der Waals surface area contributed by atoms with E-state index in [-0.39, 0.29) is 36.4 Å². The molecule has 0 aliphatic heterocycles. The second-order valence-corrected chi connectivity index (χ2v) is 4.09. The summed E-state index contributed by atoms with van der Waals surface area (Å²) in [6.07, 6.45) is -0.389. The highest BCUT2D eigenvalue weighted by molar-refractivity contribution is 6.07. The number of carboxylic acid groups (broad SMARTS) is 1. The fourth-order valence-corrected chi connectivity index (χ4v) is 1.63. The Kier molecular flexibility index (Phi) is 5.23. The Hall–Kier alpha value is -2.17. The Bertz CT molecular complexity index is 505. The molecule has 0 aromatic heterocycles. The van der Waals surface area contributed by atoms with Crippen molar-refractivity contribution in [1.82, 2.24) is 0 Å². The van der Waals surface area contributed by atoms with Gasteiger partial charge in [0, 0.05) is 12.0 Å². The Labute approximate surface area is 111 Å². The van der Waals surface area contributed by atoms with E-state index in [0.29, 0.717) is 0 Å². The minimum Gasteiger partial charge on any atom is -0.481 e. The zero-order valence-electron chi connectivity index (χ0n) is 10.9. The molecule has 19 heavy (non-hydrogen) atoms. The monoisotopic (exact) mass is 264 g/mol. The predicted molar refractivity (Wildman–Crippen MR) is 68.3 cm³/mol. The second-order valence-electron chi connectivity index (χ2n) is 4.09. The highest BCUT2D eigenvalue weighted by Gasteiger charge is 2.18. The van der Waals surface area contributed by atoms with E-state index < -0.39 is 11.9 Å². The van der Waals surface area contributed by atoms with Crippen LogP contribution in [0.5, 0.6) is 0 Å². The van der Waals surface area contributed by atoms with Crippen molar-refractivity contribution >= 4 is 17.7 Å². The van der Waals surface area contributed by atoms with E-state index in [1.54, 1.807) is 26.0 Å². The van der Waals surface area contributed by atoms with Crippen LogP contribution in [-0.4, -0.2) is 29.4 Å². The molecule has 0 radical (unpaired) electrons. The molecule has 5 nitrogen and oxygen atoms in total. The summed E-state index contributed by atoms with van der Waals surface area (Å²) in [5, 5.41) is 8.57. The minimum atomic E-state index is -1.04. The van der Waals surface area contributed by atoms with E-state index in [1.165, 1.54) is 6.07 Å². The molecule has 0 unspecified atom stereocenters. The van der Waals surface area contributed by atoms with Crippen molar-refractivity contribution in [2.24, 2.45) is 0 Å². The maximum absolute atomic E-state index is 11.9. The van der Waals surface area contributed by atoms with Gasteiger partial charge in [-0.3, -0.25) is 9.59 Å². The van der Waals surface area contributed by atoms with Crippen LogP contribution >= 0.6 is 0 Å². The summed E-state index contributed by atoms with van der Waals surface area (Å²) in [7, 11) is 0. The fourth-order valence-electron chi connectivity index (χ4n) is 1.63. The number of hydrogen-bond donors (Lipinski definition) is 1. The van der Waals surface area contributed by atoms with Gasteiger partial charge in [-0.15, -0.1) is 0 Å². The first-order chi connectivity index (χ1) is 8.95. The molecule has 0 amide bonds. The molecule has 0 spiro atoms. The number of ketones is 1. The summed E-state index contributed by atoms with van der Waals surface area (Å²) < 4.78 is 4.89. The standard InChI is InChI=1S/C14H16O5/c1-3-19-14(18)11-8-9(2)4-5-10(11)12(15)6-7-13(16)17/h4-5,8H,3,6-7H2,1-2H3,(H,16,17). The second kappa shape index (κ2) is 6.68. The van der Waals surface area contributed by atoms with Crippen LogP contribution in [0.25, 0.3) is 0 Å². The van der Waals surface area contributed by atoms with Crippen molar-refractivity contribution in [3.05, 3.63) is 34.9 Å². The first-order valence-corrected chi connectivity index (χ1v) is 5.98. The molecule has 0 atom stereocenters. The molecule has 1 aromatic rings. The summed E-state index contributed by atoms with van der Waals surface area (Å²) in [5.41, 5.74) is 1.24. The molecular weight excluding hydrogens is 248 g/mol. The Morgan fingerprint density at radius 1 is 1.16 bits per heavy atom. The van der Waals surface area contributed by atoms with Gasteiger partial charge in [0.25, 0.3) is 0 Å². The lowest BCUT2D eigenvalue weighted by Crippen LogP contribution is -2.13. The van der Waals surface area contributed by atoms with E-state index in [9.17, 15) is 14.4 Å². The summed E-state index contributed by atoms with van der Waals surface area (Å²) >= 11 is 0. The van der Waals surface area contributed by atoms with Crippen LogP contribution in [0.3, 0.4) is 0 Å². The molecule has 0 saturated heterocycles. The lowest BCUT2D eigenvalue weighted by atomic mass is 9.98. The number of aryl methyl sites for hydroxylation is 1. The summed E-state index contributed by atoms with van der Waals surface area (Å²) in [6, 6.07) is 4.81. The maximum Gasteiger partial charge on any atom is 0.338 e. The van der Waals surface area contributed by atoms with E-state index in [0.717, 1.165) is 5.56 Å². The number of ether oxygens (including phenoxy) is 1. The average Bonchev–Trinajstić information content (AvgIpc) is 2.36. The van der Waals surface area contributed by atoms with Gasteiger partial charge in [-0.25, -0.2) is 4.79 Å². The molecule has 0 aliphatic rings. The number of Topliss-reactive ketones (excluding diaryl/α,β-unsaturated/α-hetero) is 1. The van der Waals surface area contributed by atoms with Crippen LogP contribution in [-0.2, 0) is 9.53 Å². The molecular formula is C14H16O5. The molecule has 1 aromatic carbocycles. The largest absolute Gasteiger partial charge is 0.481 e. The molecule has 0 aliphatic carbocycles. The van der Waals surface area contributed by atoms with Gasteiger partial charge >= 0.3 is 11.9 Å². The SMILES string of the molecule is CCOC(=O)c1cc(C)ccc1C(=O)CCC(=O)O. The van der Waals surface area contributed by atoms with Crippen LogP contribution in [0.15, 0.2) is 18.2 Å². The van der Waals surface area contributed by atoms with Gasteiger partial charge in [-0.1, -0.05) is 17.7 Å². The fraction of sp³-hybridized carbons (Fsp3) is 0.357. The lowest BCUT2D eigenvalue weighted by Gasteiger charge is -2.08. The van der Waals surface area contributed by atoms with Gasteiger partial charge in [-0.05, 0) is 19.9 Å². The topological polar surface area (TPSA) is 80.7 Å². The molecule has 1 N–H and O–H groups in total. The normalized spacial score (nSPS) is 10.0. The van der Waals surface area contributed by atoms with Gasteiger partial charge in [0.15, 0.2) is 5.78 Å². The summed E-state index contributed by atoms with van der Waals surface area (Å²) in [5.74, 6) is -1.98. The van der Waals surface area contributed by atoms with Crippen molar-refractivity contribution in [2.75, 3.05) is 6.61 Å². The summed E-state index contributed by atoms with van der Waals surface area (Å²) in [4.78, 5) is 34.2. The Balaban J connectivity index is 3.02. The number of carbonyl (C=O) groups excluding carboxylic acids is 2. The number of esters is 1. The van der Waals surface area contributed by atoms with Crippen LogP contribution in [0.1, 0.15) is 46.0 Å². The highest BCUT2D eigenvalue weighted by Crippen LogP contribution is 2.16. The highest BCUT2D eigenvalue weighted by atomic mass is 16.5. The van der Waals surface area contributed by atoms with Crippen molar-refractivity contribution in [2.45, 2.75) is 26.7 Å². The van der Waals surface area contributed by atoms with Crippen LogP contribution in [0.4, 0.5) is 0 Å². The Morgan fingerprint density at radius 2 is 1.84 bits per heavy atom. The van der Waals surface area contributed by atoms with Gasteiger partial charge < -0.3 is 9.84 Å². The molecule has 0 heterocycles. The van der Waals surface area contributed by atoms with Crippen LogP contribution in [0, 0.1) is 6.92 Å². The van der Waals surface area contributed by atoms with Crippen molar-refractivity contribution in [3.63, 3.8) is 0 Å². The number of aliphatic carboxylic acids is 1. The van der Waals surface area contributed by atoms with Gasteiger partial charge in [0.2, 0.25) is 0 Å². The number of carbonyl (C=O) groups is 3. The zero-order valence-corrected chi connectivity index (χ0v) is 10.9. The van der Waals surface area contributed by atoms with Crippen LogP contribution in [0.2, 0.25) is 0 Å². The number of benzene rings is 1. The van der Waals surface area contributed by atoms with E-state index in [4.69, 9.17) is 9.84 Å². The third-order valence-corrected chi connectivity index (χ3v) is 2.54. The third kappa shape index (κ3) is 4.21. The zero-order chi connectivity index (χ0) is 14.4. The van der Waals surface area contributed by atoms with E-state index >= 15 is 0 Å². The average molecular weight is 264 g/mol. The third-order valence-electron chi connectivity index (χ3n) is 2.54. The van der Waals surface area contributed by atoms with Gasteiger partial charge in [0.1, 0.15) is 0 Å².